The first-order valence-electron chi connectivity index (χ1n) is 5.39. The second-order valence-electron chi connectivity index (χ2n) is 4.40. The van der Waals surface area contributed by atoms with E-state index in [9.17, 15) is 13.2 Å². The number of nitrogens with zero attached hydrogens (tertiary/aromatic N) is 1. The van der Waals surface area contributed by atoms with Crippen LogP contribution in [0.25, 0.3) is 0 Å². The predicted octanol–water partition coefficient (Wildman–Crippen LogP) is 2.01. The number of nitrogens with one attached hydrogen (secondary N) is 1. The molecule has 1 aliphatic rings. The van der Waals surface area contributed by atoms with Crippen molar-refractivity contribution in [3.63, 3.8) is 0 Å². The normalized spacial score (nSPS) is 19.6. The molecule has 0 aliphatic heterocycles. The zero-order chi connectivity index (χ0) is 11.5. The average Bonchev–Trinajstić information content (AvgIpc) is 2.84. The molecule has 1 N–H and O–H groups in total. The molecule has 0 saturated heterocycles. The summed E-state index contributed by atoms with van der Waals surface area (Å²) in [4.78, 5) is 1.36. The first-order chi connectivity index (χ1) is 6.88. The van der Waals surface area contributed by atoms with Crippen LogP contribution in [0.5, 0.6) is 0 Å². The quantitative estimate of drug-likeness (QED) is 0.742. The van der Waals surface area contributed by atoms with Gasteiger partial charge in [-0.3, -0.25) is 4.90 Å². The fourth-order valence-electron chi connectivity index (χ4n) is 1.44. The Balaban J connectivity index is 2.10. The summed E-state index contributed by atoms with van der Waals surface area (Å²) in [6.07, 6.45) is -0.893. The maximum absolute atomic E-state index is 12.1. The molecule has 1 rings (SSSR count). The van der Waals surface area contributed by atoms with Crippen LogP contribution in [0.15, 0.2) is 0 Å². The molecule has 15 heavy (non-hydrogen) atoms. The molecule has 0 amide bonds. The molecule has 1 aliphatic carbocycles. The zero-order valence-electron chi connectivity index (χ0n) is 9.27. The summed E-state index contributed by atoms with van der Waals surface area (Å²) in [6.45, 7) is 1.83. The highest BCUT2D eigenvalue weighted by atomic mass is 19.4. The molecular formula is C10H19F3N2. The molecular weight excluding hydrogens is 205 g/mol. The monoisotopic (exact) mass is 224 g/mol. The minimum absolute atomic E-state index is 0.0297. The van der Waals surface area contributed by atoms with Gasteiger partial charge in [0.05, 0.1) is 6.54 Å². The van der Waals surface area contributed by atoms with Gasteiger partial charge in [-0.15, -0.1) is 0 Å². The number of hydrogen-bond donors (Lipinski definition) is 1. The molecule has 0 aromatic rings. The molecule has 0 aromatic heterocycles. The van der Waals surface area contributed by atoms with Gasteiger partial charge in [-0.1, -0.05) is 0 Å². The largest absolute Gasteiger partial charge is 0.401 e. The maximum Gasteiger partial charge on any atom is 0.401 e. The zero-order valence-corrected chi connectivity index (χ0v) is 9.27. The molecule has 0 heterocycles. The summed E-state index contributed by atoms with van der Waals surface area (Å²) >= 11 is 0. The summed E-state index contributed by atoms with van der Waals surface area (Å²) in [7, 11) is 1.52. The van der Waals surface area contributed by atoms with Gasteiger partial charge >= 0.3 is 6.18 Å². The van der Waals surface area contributed by atoms with E-state index in [0.717, 1.165) is 13.0 Å². The highest BCUT2D eigenvalue weighted by Crippen LogP contribution is 2.19. The van der Waals surface area contributed by atoms with Gasteiger partial charge in [0, 0.05) is 12.1 Å². The highest BCUT2D eigenvalue weighted by Gasteiger charge is 2.30. The van der Waals surface area contributed by atoms with Crippen LogP contribution in [0, 0.1) is 0 Å². The molecule has 0 aromatic carbocycles. The van der Waals surface area contributed by atoms with Crippen molar-refractivity contribution in [3.8, 4) is 0 Å². The van der Waals surface area contributed by atoms with Crippen LogP contribution in [0.3, 0.4) is 0 Å². The van der Waals surface area contributed by atoms with Gasteiger partial charge in [0.15, 0.2) is 0 Å². The van der Waals surface area contributed by atoms with Crippen molar-refractivity contribution in [3.05, 3.63) is 0 Å². The van der Waals surface area contributed by atoms with Crippen molar-refractivity contribution in [2.45, 2.75) is 44.4 Å². The van der Waals surface area contributed by atoms with Crippen molar-refractivity contribution in [2.24, 2.45) is 0 Å². The van der Waals surface area contributed by atoms with Crippen LogP contribution < -0.4 is 5.32 Å². The van der Waals surface area contributed by atoms with Gasteiger partial charge in [-0.05, 0) is 39.8 Å². The summed E-state index contributed by atoms with van der Waals surface area (Å²) in [6, 6.07) is 0.600. The van der Waals surface area contributed by atoms with Crippen molar-refractivity contribution >= 4 is 0 Å². The molecule has 0 spiro atoms. The lowest BCUT2D eigenvalue weighted by Crippen LogP contribution is -2.38. The van der Waals surface area contributed by atoms with Crippen molar-refractivity contribution in [1.29, 1.82) is 0 Å². The SMILES string of the molecule is CC(CCNC1CC1)N(C)CC(F)(F)F. The van der Waals surface area contributed by atoms with Crippen molar-refractivity contribution < 1.29 is 13.2 Å². The minimum Gasteiger partial charge on any atom is -0.314 e. The van der Waals surface area contributed by atoms with E-state index in [-0.39, 0.29) is 6.04 Å². The molecule has 1 saturated carbocycles. The smallest absolute Gasteiger partial charge is 0.314 e. The van der Waals surface area contributed by atoms with E-state index < -0.39 is 12.7 Å². The van der Waals surface area contributed by atoms with Gasteiger partial charge < -0.3 is 5.32 Å². The first kappa shape index (κ1) is 12.8. The summed E-state index contributed by atoms with van der Waals surface area (Å²) in [5.74, 6) is 0. The lowest BCUT2D eigenvalue weighted by Gasteiger charge is -2.25. The van der Waals surface area contributed by atoms with Gasteiger partial charge in [-0.2, -0.15) is 13.2 Å². The van der Waals surface area contributed by atoms with Crippen LogP contribution in [0.2, 0.25) is 0 Å². The topological polar surface area (TPSA) is 15.3 Å². The third-order valence-electron chi connectivity index (χ3n) is 2.75. The Morgan fingerprint density at radius 3 is 2.47 bits per heavy atom. The number of hydrogen-bond acceptors (Lipinski definition) is 2. The van der Waals surface area contributed by atoms with Crippen LogP contribution in [0.1, 0.15) is 26.2 Å². The Morgan fingerprint density at radius 1 is 1.40 bits per heavy atom. The molecule has 2 nitrogen and oxygen atoms in total. The van der Waals surface area contributed by atoms with Crippen LogP contribution in [-0.4, -0.2) is 43.3 Å². The van der Waals surface area contributed by atoms with Gasteiger partial charge in [0.1, 0.15) is 0 Å². The Labute approximate surface area is 88.8 Å². The third kappa shape index (κ3) is 5.99. The fraction of sp³-hybridized carbons (Fsp3) is 1.00. The predicted molar refractivity (Wildman–Crippen MR) is 53.8 cm³/mol. The van der Waals surface area contributed by atoms with E-state index in [1.807, 2.05) is 6.92 Å². The third-order valence-corrected chi connectivity index (χ3v) is 2.75. The second-order valence-corrected chi connectivity index (χ2v) is 4.40. The van der Waals surface area contributed by atoms with Crippen LogP contribution in [-0.2, 0) is 0 Å². The summed E-state index contributed by atoms with van der Waals surface area (Å²) in [5.41, 5.74) is 0. The van der Waals surface area contributed by atoms with Gasteiger partial charge in [0.2, 0.25) is 0 Å². The molecule has 1 fully saturated rings. The maximum atomic E-state index is 12.1. The lowest BCUT2D eigenvalue weighted by atomic mass is 10.2. The minimum atomic E-state index is -4.09. The van der Waals surface area contributed by atoms with E-state index >= 15 is 0 Å². The lowest BCUT2D eigenvalue weighted by molar-refractivity contribution is -0.147. The molecule has 0 bridgehead atoms. The fourth-order valence-corrected chi connectivity index (χ4v) is 1.44. The van der Waals surface area contributed by atoms with E-state index in [1.54, 1.807) is 0 Å². The summed E-state index contributed by atoms with van der Waals surface area (Å²) in [5, 5.41) is 3.30. The van der Waals surface area contributed by atoms with Gasteiger partial charge in [0.25, 0.3) is 0 Å². The van der Waals surface area contributed by atoms with E-state index in [4.69, 9.17) is 0 Å². The first-order valence-corrected chi connectivity index (χ1v) is 5.39. The van der Waals surface area contributed by atoms with Crippen LogP contribution in [0.4, 0.5) is 13.2 Å². The Hall–Kier alpha value is -0.290. The Morgan fingerprint density at radius 2 is 2.00 bits per heavy atom. The van der Waals surface area contributed by atoms with E-state index in [1.165, 1.54) is 24.8 Å². The van der Waals surface area contributed by atoms with Gasteiger partial charge in [-0.25, -0.2) is 0 Å². The van der Waals surface area contributed by atoms with Crippen molar-refractivity contribution in [2.75, 3.05) is 20.1 Å². The van der Waals surface area contributed by atoms with E-state index in [0.29, 0.717) is 6.04 Å². The van der Waals surface area contributed by atoms with Crippen molar-refractivity contribution in [1.82, 2.24) is 10.2 Å². The number of rotatable bonds is 6. The number of alkyl halides is 3. The molecule has 5 heteroatoms. The number of halogens is 3. The second kappa shape index (κ2) is 5.16. The molecule has 1 atom stereocenters. The Bertz CT molecular complexity index is 190. The Kier molecular flexibility index (Phi) is 4.40. The molecule has 1 unspecified atom stereocenters. The standard InChI is InChI=1S/C10H19F3N2/c1-8(5-6-14-9-3-4-9)15(2)7-10(11,12)13/h8-9,14H,3-7H2,1-2H3. The summed E-state index contributed by atoms with van der Waals surface area (Å²) < 4.78 is 36.2. The molecule has 90 valence electrons. The van der Waals surface area contributed by atoms with Crippen LogP contribution >= 0.6 is 0 Å². The van der Waals surface area contributed by atoms with E-state index in [2.05, 4.69) is 5.32 Å². The molecule has 0 radical (unpaired) electrons. The highest BCUT2D eigenvalue weighted by molar-refractivity contribution is 4.81. The average molecular weight is 224 g/mol.